The molecule has 1 fully saturated rings. The number of carbonyl (C=O) groups excluding carboxylic acids is 4. The van der Waals surface area contributed by atoms with Crippen molar-refractivity contribution in [1.82, 2.24) is 35.5 Å². The number of hydrogen-bond acceptors (Lipinski definition) is 9. The first-order chi connectivity index (χ1) is 25.5. The van der Waals surface area contributed by atoms with Gasteiger partial charge in [-0.2, -0.15) is 0 Å². The summed E-state index contributed by atoms with van der Waals surface area (Å²) in [6, 6.07) is 6.31. The van der Waals surface area contributed by atoms with E-state index in [1.165, 1.54) is 11.2 Å². The van der Waals surface area contributed by atoms with Crippen molar-refractivity contribution in [3.05, 3.63) is 78.4 Å². The summed E-state index contributed by atoms with van der Waals surface area (Å²) in [5.74, 6) is -2.59. The Bertz CT molecular complexity index is 1570. The predicted molar refractivity (Wildman–Crippen MR) is 201 cm³/mol. The van der Waals surface area contributed by atoms with Gasteiger partial charge in [0.1, 0.15) is 6.04 Å². The molecule has 1 aliphatic rings. The van der Waals surface area contributed by atoms with Crippen molar-refractivity contribution >= 4 is 23.6 Å². The molecule has 0 saturated heterocycles. The molecular weight excluding hydrogens is 672 g/mol. The molecule has 288 valence electrons. The van der Waals surface area contributed by atoms with Crippen molar-refractivity contribution in [2.24, 2.45) is 29.4 Å². The van der Waals surface area contributed by atoms with Crippen LogP contribution in [0.4, 0.5) is 0 Å². The van der Waals surface area contributed by atoms with Crippen molar-refractivity contribution in [3.8, 4) is 0 Å². The van der Waals surface area contributed by atoms with Gasteiger partial charge in [0.2, 0.25) is 23.6 Å². The molecule has 0 aliphatic heterocycles. The first kappa shape index (κ1) is 41.3. The maximum Gasteiger partial charge on any atom is 0.246 e. The zero-order valence-corrected chi connectivity index (χ0v) is 31.6. The second-order valence-corrected chi connectivity index (χ2v) is 14.9. The molecule has 6 atom stereocenters. The second-order valence-electron chi connectivity index (χ2n) is 14.9. The molecule has 6 N–H and O–H groups in total. The van der Waals surface area contributed by atoms with Crippen LogP contribution in [-0.2, 0) is 38.6 Å². The Morgan fingerprint density at radius 2 is 1.75 bits per heavy atom. The number of imide groups is 1. The third-order valence-corrected chi connectivity index (χ3v) is 10.6. The van der Waals surface area contributed by atoms with Crippen molar-refractivity contribution in [3.63, 3.8) is 0 Å². The fraction of sp³-hybridized carbons (Fsp3) is 0.575. The molecule has 1 unspecified atom stereocenters. The van der Waals surface area contributed by atoms with E-state index in [4.69, 9.17) is 5.73 Å². The van der Waals surface area contributed by atoms with Gasteiger partial charge in [0.05, 0.1) is 43.2 Å². The SMILES string of the molecule is CCC(C)[C@H](N)C(=O)N(Cc1ccccn1)C(=O)[C@@H](C[C@H](O)[C@H](CC1CCCCC1)NC(=O)[C@H](Cc1cnc[nH]1)NC(=O)Cc1cccnc1)C(C)C. The van der Waals surface area contributed by atoms with Crippen molar-refractivity contribution in [1.29, 1.82) is 0 Å². The zero-order valence-electron chi connectivity index (χ0n) is 31.6. The number of pyridine rings is 2. The van der Waals surface area contributed by atoms with Gasteiger partial charge in [0.15, 0.2) is 0 Å². The molecule has 13 heteroatoms. The molecule has 4 amide bonds. The molecule has 3 aromatic heterocycles. The van der Waals surface area contributed by atoms with Gasteiger partial charge in [-0.3, -0.25) is 34.0 Å². The lowest BCUT2D eigenvalue weighted by Gasteiger charge is -2.35. The molecular formula is C40H58N8O5. The summed E-state index contributed by atoms with van der Waals surface area (Å²) in [5.41, 5.74) is 8.32. The molecule has 53 heavy (non-hydrogen) atoms. The summed E-state index contributed by atoms with van der Waals surface area (Å²) >= 11 is 0. The van der Waals surface area contributed by atoms with Gasteiger partial charge in [-0.25, -0.2) is 4.98 Å². The summed E-state index contributed by atoms with van der Waals surface area (Å²) in [5, 5.41) is 18.0. The topological polar surface area (TPSA) is 196 Å². The summed E-state index contributed by atoms with van der Waals surface area (Å²) in [6.07, 6.45) is 13.5. The molecule has 3 aromatic rings. The number of aromatic amines is 1. The third-order valence-electron chi connectivity index (χ3n) is 10.6. The lowest BCUT2D eigenvalue weighted by molar-refractivity contribution is -0.151. The Morgan fingerprint density at radius 3 is 2.38 bits per heavy atom. The van der Waals surface area contributed by atoms with Crippen LogP contribution < -0.4 is 16.4 Å². The Balaban J connectivity index is 1.58. The van der Waals surface area contributed by atoms with Gasteiger partial charge < -0.3 is 26.5 Å². The van der Waals surface area contributed by atoms with Crippen LogP contribution in [0.5, 0.6) is 0 Å². The van der Waals surface area contributed by atoms with E-state index in [2.05, 4.69) is 30.6 Å². The van der Waals surface area contributed by atoms with E-state index in [9.17, 15) is 24.3 Å². The van der Waals surface area contributed by atoms with Crippen molar-refractivity contribution < 1.29 is 24.3 Å². The Morgan fingerprint density at radius 1 is 0.981 bits per heavy atom. The van der Waals surface area contributed by atoms with Crippen LogP contribution in [0.1, 0.15) is 96.0 Å². The largest absolute Gasteiger partial charge is 0.391 e. The summed E-state index contributed by atoms with van der Waals surface area (Å²) in [4.78, 5) is 72.3. The normalized spacial score (nSPS) is 16.9. The van der Waals surface area contributed by atoms with Gasteiger partial charge >= 0.3 is 0 Å². The number of hydrogen-bond donors (Lipinski definition) is 5. The minimum absolute atomic E-state index is 0.0112. The number of amides is 4. The Hall–Kier alpha value is -4.49. The third kappa shape index (κ3) is 12.6. The summed E-state index contributed by atoms with van der Waals surface area (Å²) in [6.45, 7) is 7.57. The molecule has 0 bridgehead atoms. The fourth-order valence-corrected chi connectivity index (χ4v) is 7.01. The van der Waals surface area contributed by atoms with Crippen molar-refractivity contribution in [2.45, 2.75) is 123 Å². The first-order valence-electron chi connectivity index (χ1n) is 19.1. The number of aliphatic hydroxyl groups excluding tert-OH is 1. The lowest BCUT2D eigenvalue weighted by Crippen LogP contribution is -2.55. The maximum absolute atomic E-state index is 14.4. The van der Waals surface area contributed by atoms with E-state index < -0.39 is 47.9 Å². The van der Waals surface area contributed by atoms with Gasteiger partial charge in [-0.05, 0) is 54.4 Å². The van der Waals surface area contributed by atoms with Gasteiger partial charge in [-0.15, -0.1) is 0 Å². The molecule has 0 radical (unpaired) electrons. The molecule has 1 saturated carbocycles. The average Bonchev–Trinajstić information content (AvgIpc) is 3.68. The lowest BCUT2D eigenvalue weighted by atomic mass is 9.80. The van der Waals surface area contributed by atoms with Gasteiger partial charge in [0.25, 0.3) is 0 Å². The van der Waals surface area contributed by atoms with Crippen LogP contribution in [-0.4, -0.2) is 77.8 Å². The number of H-pyrrole nitrogens is 1. The summed E-state index contributed by atoms with van der Waals surface area (Å²) in [7, 11) is 0. The number of aromatic nitrogens is 4. The van der Waals surface area contributed by atoms with Gasteiger partial charge in [0, 0.05) is 42.8 Å². The quantitative estimate of drug-likeness (QED) is 0.122. The van der Waals surface area contributed by atoms with Crippen LogP contribution in [0.2, 0.25) is 0 Å². The Labute approximate surface area is 313 Å². The van der Waals surface area contributed by atoms with Crippen LogP contribution in [0.15, 0.2) is 61.4 Å². The van der Waals surface area contributed by atoms with Crippen LogP contribution in [0.25, 0.3) is 0 Å². The number of nitrogens with zero attached hydrogens (tertiary/aromatic N) is 4. The molecule has 4 rings (SSSR count). The first-order valence-corrected chi connectivity index (χ1v) is 19.1. The fourth-order valence-electron chi connectivity index (χ4n) is 7.01. The highest BCUT2D eigenvalue weighted by Crippen LogP contribution is 2.30. The number of nitrogens with one attached hydrogen (secondary N) is 3. The van der Waals surface area contributed by atoms with E-state index in [1.807, 2.05) is 27.7 Å². The minimum Gasteiger partial charge on any atom is -0.391 e. The minimum atomic E-state index is -1.12. The van der Waals surface area contributed by atoms with E-state index in [0.717, 1.165) is 32.1 Å². The molecule has 0 aromatic carbocycles. The van der Waals surface area contributed by atoms with Gasteiger partial charge in [-0.1, -0.05) is 78.4 Å². The molecule has 13 nitrogen and oxygen atoms in total. The van der Waals surface area contributed by atoms with Crippen LogP contribution in [0.3, 0.4) is 0 Å². The second kappa shape index (κ2) is 20.7. The van der Waals surface area contributed by atoms with E-state index in [1.54, 1.807) is 55.1 Å². The standard InChI is InChI=1S/C40H58N8O5/c1-5-27(4)37(41)40(53)48(24-30-15-9-10-17-44-30)39(52)32(26(2)3)21-35(49)33(18-28-12-7-6-8-13-28)47-38(51)34(20-31-23-43-25-45-31)46-36(50)19-29-14-11-16-42-22-29/h9-11,14-17,22-23,25-28,32-35,37,49H,5-8,12-13,18-21,24,41H2,1-4H3,(H,43,45)(H,46,50)(H,47,51)/t27?,32-,33-,34-,35-,37-/m0/s1. The highest BCUT2D eigenvalue weighted by Gasteiger charge is 2.38. The molecule has 1 aliphatic carbocycles. The van der Waals surface area contributed by atoms with Crippen LogP contribution >= 0.6 is 0 Å². The maximum atomic E-state index is 14.4. The smallest absolute Gasteiger partial charge is 0.246 e. The average molecular weight is 731 g/mol. The Kier molecular flexibility index (Phi) is 16.1. The van der Waals surface area contributed by atoms with E-state index >= 15 is 0 Å². The molecule has 0 spiro atoms. The van der Waals surface area contributed by atoms with E-state index in [0.29, 0.717) is 29.8 Å². The highest BCUT2D eigenvalue weighted by molar-refractivity contribution is 5.99. The number of rotatable bonds is 19. The number of aliphatic hydroxyl groups is 1. The monoisotopic (exact) mass is 730 g/mol. The number of carbonyl (C=O) groups is 4. The zero-order chi connectivity index (χ0) is 38.3. The van der Waals surface area contributed by atoms with E-state index in [-0.39, 0.29) is 49.5 Å². The van der Waals surface area contributed by atoms with Crippen molar-refractivity contribution in [2.75, 3.05) is 0 Å². The number of nitrogens with two attached hydrogens (primary N) is 1. The highest BCUT2D eigenvalue weighted by atomic mass is 16.3. The predicted octanol–water partition coefficient (Wildman–Crippen LogP) is 3.88. The van der Waals surface area contributed by atoms with Crippen LogP contribution in [0, 0.1) is 23.7 Å². The molecule has 3 heterocycles. The summed E-state index contributed by atoms with van der Waals surface area (Å²) < 4.78 is 0. The number of imidazole rings is 1.